The van der Waals surface area contributed by atoms with Gasteiger partial charge in [-0.1, -0.05) is 24.0 Å². The molecule has 2 aromatic heterocycles. The Labute approximate surface area is 158 Å². The molecule has 0 aliphatic carbocycles. The molecule has 1 atom stereocenters. The lowest BCUT2D eigenvalue weighted by Gasteiger charge is -2.21. The van der Waals surface area contributed by atoms with Crippen LogP contribution >= 0.6 is 0 Å². The van der Waals surface area contributed by atoms with Crippen molar-refractivity contribution in [2.24, 2.45) is 5.92 Å². The monoisotopic (exact) mass is 359 g/mol. The number of ether oxygens (including phenoxy) is 1. The number of hydrogen-bond acceptors (Lipinski definition) is 4. The Hall–Kier alpha value is -3.10. The maximum absolute atomic E-state index is 9.38. The van der Waals surface area contributed by atoms with E-state index in [0.29, 0.717) is 11.8 Å². The van der Waals surface area contributed by atoms with Gasteiger partial charge in [-0.05, 0) is 24.6 Å². The van der Waals surface area contributed by atoms with Crippen LogP contribution < -0.4 is 4.74 Å². The molecule has 27 heavy (non-hydrogen) atoms. The minimum absolute atomic E-state index is 0.240. The number of aliphatic hydroxyl groups excluding tert-OH is 1. The summed E-state index contributed by atoms with van der Waals surface area (Å²) in [7, 11) is 1.59. The average Bonchev–Trinajstić information content (AvgIpc) is 3.16. The number of aryl methyl sites for hydroxylation is 1. The standard InChI is InChI=1S/C22H21N3O2/c1-27-22-12-17(10-11-23-22)3-2-16-4-7-19(8-5-16)20-14-25-13-18(15-26)6-9-21(25)24-20/h4-5,7-8,10-12,14,18,26H,6,9,13,15H2,1H3. The Kier molecular flexibility index (Phi) is 4.91. The minimum Gasteiger partial charge on any atom is -0.481 e. The van der Waals surface area contributed by atoms with Crippen LogP contribution in [0.3, 0.4) is 0 Å². The van der Waals surface area contributed by atoms with E-state index in [2.05, 4.69) is 39.7 Å². The predicted octanol–water partition coefficient (Wildman–Crippen LogP) is 2.91. The molecule has 0 bridgehead atoms. The molecule has 1 aromatic carbocycles. The molecule has 1 N–H and O–H groups in total. The molecule has 1 aliphatic heterocycles. The molecule has 3 heterocycles. The van der Waals surface area contributed by atoms with Crippen LogP contribution in [0.4, 0.5) is 0 Å². The second kappa shape index (κ2) is 7.65. The summed E-state index contributed by atoms with van der Waals surface area (Å²) in [5.74, 6) is 8.30. The fourth-order valence-corrected chi connectivity index (χ4v) is 3.27. The van der Waals surface area contributed by atoms with Crippen LogP contribution in [0, 0.1) is 17.8 Å². The fraction of sp³-hybridized carbons (Fsp3) is 0.273. The van der Waals surface area contributed by atoms with Crippen LogP contribution in [0.1, 0.15) is 23.4 Å². The van der Waals surface area contributed by atoms with Crippen molar-refractivity contribution < 1.29 is 9.84 Å². The van der Waals surface area contributed by atoms with E-state index in [0.717, 1.165) is 47.6 Å². The van der Waals surface area contributed by atoms with Crippen molar-refractivity contribution >= 4 is 0 Å². The number of pyridine rings is 1. The van der Waals surface area contributed by atoms with E-state index in [1.54, 1.807) is 13.3 Å². The van der Waals surface area contributed by atoms with Gasteiger partial charge in [0.15, 0.2) is 0 Å². The van der Waals surface area contributed by atoms with Crippen molar-refractivity contribution in [2.45, 2.75) is 19.4 Å². The van der Waals surface area contributed by atoms with Crippen molar-refractivity contribution in [2.75, 3.05) is 13.7 Å². The first-order chi connectivity index (χ1) is 13.2. The zero-order chi connectivity index (χ0) is 18.6. The molecule has 0 saturated heterocycles. The summed E-state index contributed by atoms with van der Waals surface area (Å²) < 4.78 is 7.29. The lowest BCUT2D eigenvalue weighted by atomic mass is 10.0. The first-order valence-electron chi connectivity index (χ1n) is 9.04. The number of hydrogen-bond donors (Lipinski definition) is 1. The van der Waals surface area contributed by atoms with Gasteiger partial charge in [0.1, 0.15) is 5.82 Å². The highest BCUT2D eigenvalue weighted by Gasteiger charge is 2.20. The van der Waals surface area contributed by atoms with Gasteiger partial charge in [0.25, 0.3) is 0 Å². The van der Waals surface area contributed by atoms with E-state index in [9.17, 15) is 5.11 Å². The van der Waals surface area contributed by atoms with E-state index >= 15 is 0 Å². The van der Waals surface area contributed by atoms with Crippen LogP contribution in [0.15, 0.2) is 48.8 Å². The number of nitrogens with zero attached hydrogens (tertiary/aromatic N) is 3. The average molecular weight is 359 g/mol. The van der Waals surface area contributed by atoms with E-state index in [-0.39, 0.29) is 6.61 Å². The molecule has 0 radical (unpaired) electrons. The highest BCUT2D eigenvalue weighted by Crippen LogP contribution is 2.25. The maximum atomic E-state index is 9.38. The number of methoxy groups -OCH3 is 1. The zero-order valence-electron chi connectivity index (χ0n) is 15.2. The summed E-state index contributed by atoms with van der Waals surface area (Å²) in [6.07, 6.45) is 5.69. The van der Waals surface area contributed by atoms with Crippen LogP contribution in [0.2, 0.25) is 0 Å². The minimum atomic E-state index is 0.240. The summed E-state index contributed by atoms with van der Waals surface area (Å²) in [5.41, 5.74) is 3.86. The number of fused-ring (bicyclic) bond motifs is 1. The van der Waals surface area contributed by atoms with E-state index in [1.165, 1.54) is 0 Å². The Morgan fingerprint density at radius 3 is 2.78 bits per heavy atom. The van der Waals surface area contributed by atoms with E-state index < -0.39 is 0 Å². The Morgan fingerprint density at radius 2 is 2.00 bits per heavy atom. The summed E-state index contributed by atoms with van der Waals surface area (Å²) in [6.45, 7) is 1.08. The molecule has 136 valence electrons. The van der Waals surface area contributed by atoms with Gasteiger partial charge in [-0.3, -0.25) is 0 Å². The summed E-state index contributed by atoms with van der Waals surface area (Å²) in [5, 5.41) is 9.38. The molecule has 0 fully saturated rings. The second-order valence-corrected chi connectivity index (χ2v) is 6.70. The molecule has 4 rings (SSSR count). The molecule has 1 unspecified atom stereocenters. The van der Waals surface area contributed by atoms with Crippen LogP contribution in [-0.2, 0) is 13.0 Å². The molecular formula is C22H21N3O2. The summed E-state index contributed by atoms with van der Waals surface area (Å²) >= 11 is 0. The molecule has 0 saturated carbocycles. The number of aromatic nitrogens is 3. The predicted molar refractivity (Wildman–Crippen MR) is 103 cm³/mol. The molecule has 1 aliphatic rings. The van der Waals surface area contributed by atoms with Gasteiger partial charge in [0.05, 0.1) is 12.8 Å². The largest absolute Gasteiger partial charge is 0.481 e. The number of imidazole rings is 1. The quantitative estimate of drug-likeness (QED) is 0.731. The van der Waals surface area contributed by atoms with Crippen molar-refractivity contribution in [1.29, 1.82) is 0 Å². The van der Waals surface area contributed by atoms with Gasteiger partial charge in [-0.15, -0.1) is 0 Å². The zero-order valence-corrected chi connectivity index (χ0v) is 15.2. The van der Waals surface area contributed by atoms with Crippen molar-refractivity contribution in [3.8, 4) is 29.0 Å². The topological polar surface area (TPSA) is 60.2 Å². The van der Waals surface area contributed by atoms with Gasteiger partial charge in [0.2, 0.25) is 5.88 Å². The van der Waals surface area contributed by atoms with Gasteiger partial charge < -0.3 is 14.4 Å². The molecule has 3 aromatic rings. The smallest absolute Gasteiger partial charge is 0.214 e. The fourth-order valence-electron chi connectivity index (χ4n) is 3.27. The highest BCUT2D eigenvalue weighted by atomic mass is 16.5. The first-order valence-corrected chi connectivity index (χ1v) is 9.04. The Morgan fingerprint density at radius 1 is 1.19 bits per heavy atom. The third kappa shape index (κ3) is 3.86. The van der Waals surface area contributed by atoms with Crippen molar-refractivity contribution in [3.05, 3.63) is 65.7 Å². The molecular weight excluding hydrogens is 338 g/mol. The van der Waals surface area contributed by atoms with Gasteiger partial charge in [-0.25, -0.2) is 9.97 Å². The lowest BCUT2D eigenvalue weighted by Crippen LogP contribution is -2.22. The van der Waals surface area contributed by atoms with Crippen molar-refractivity contribution in [3.63, 3.8) is 0 Å². The molecule has 0 spiro atoms. The van der Waals surface area contributed by atoms with E-state index in [4.69, 9.17) is 9.72 Å². The molecule has 0 amide bonds. The second-order valence-electron chi connectivity index (χ2n) is 6.70. The van der Waals surface area contributed by atoms with Gasteiger partial charge in [0, 0.05) is 60.6 Å². The SMILES string of the molecule is COc1cc(C#Cc2ccc(-c3cn4c(n3)CCC(CO)C4)cc2)ccn1. The van der Waals surface area contributed by atoms with Crippen molar-refractivity contribution in [1.82, 2.24) is 14.5 Å². The third-order valence-corrected chi connectivity index (χ3v) is 4.82. The van der Waals surface area contributed by atoms with Crippen LogP contribution in [0.5, 0.6) is 5.88 Å². The molecule has 5 heteroatoms. The summed E-state index contributed by atoms with van der Waals surface area (Å²) in [4.78, 5) is 8.84. The summed E-state index contributed by atoms with van der Waals surface area (Å²) in [6, 6.07) is 11.8. The molecule has 5 nitrogen and oxygen atoms in total. The van der Waals surface area contributed by atoms with Gasteiger partial charge >= 0.3 is 0 Å². The highest BCUT2D eigenvalue weighted by molar-refractivity contribution is 5.60. The lowest BCUT2D eigenvalue weighted by molar-refractivity contribution is 0.190. The first kappa shape index (κ1) is 17.3. The Bertz CT molecular complexity index is 996. The Balaban J connectivity index is 1.52. The normalized spacial score (nSPS) is 15.6. The van der Waals surface area contributed by atoms with E-state index in [1.807, 2.05) is 24.3 Å². The number of benzene rings is 1. The van der Waals surface area contributed by atoms with Crippen LogP contribution in [0.25, 0.3) is 11.3 Å². The number of aliphatic hydroxyl groups is 1. The van der Waals surface area contributed by atoms with Gasteiger partial charge in [-0.2, -0.15) is 0 Å². The maximum Gasteiger partial charge on any atom is 0.214 e. The third-order valence-electron chi connectivity index (χ3n) is 4.82. The number of rotatable bonds is 3. The van der Waals surface area contributed by atoms with Crippen LogP contribution in [-0.4, -0.2) is 33.4 Å².